The predicted molar refractivity (Wildman–Crippen MR) is 74.3 cm³/mol. The van der Waals surface area contributed by atoms with Gasteiger partial charge in [-0.15, -0.1) is 0 Å². The first kappa shape index (κ1) is 13.6. The van der Waals surface area contributed by atoms with Crippen molar-refractivity contribution in [2.24, 2.45) is 5.10 Å². The summed E-state index contributed by atoms with van der Waals surface area (Å²) in [7, 11) is 0. The number of amidine groups is 1. The van der Waals surface area contributed by atoms with Gasteiger partial charge in [-0.1, -0.05) is 29.8 Å². The van der Waals surface area contributed by atoms with Crippen molar-refractivity contribution in [1.29, 1.82) is 0 Å². The minimum absolute atomic E-state index is 0.0115. The van der Waals surface area contributed by atoms with Crippen LogP contribution in [0.25, 0.3) is 0 Å². The molecule has 1 aliphatic rings. The summed E-state index contributed by atoms with van der Waals surface area (Å²) in [5.74, 6) is -0.486. The van der Waals surface area contributed by atoms with Crippen LogP contribution in [0.15, 0.2) is 36.0 Å². The summed E-state index contributed by atoms with van der Waals surface area (Å²) in [4.78, 5) is 23.0. The SMILES string of the molecule is C=CC(=O)NC1=NN(c2cc(Cl)ccc2Cl)C(=O)C1. The largest absolute Gasteiger partial charge is 0.309 e. The molecule has 1 N–H and O–H groups in total. The molecule has 0 atom stereocenters. The quantitative estimate of drug-likeness (QED) is 0.852. The lowest BCUT2D eigenvalue weighted by Gasteiger charge is -2.13. The first-order valence-electron chi connectivity index (χ1n) is 5.30. The Morgan fingerprint density at radius 2 is 2.21 bits per heavy atom. The number of carbonyl (C=O) groups is 2. The van der Waals surface area contributed by atoms with Gasteiger partial charge < -0.3 is 5.32 Å². The molecule has 0 aromatic heterocycles. The molecular weight excluding hydrogens is 289 g/mol. The molecule has 1 heterocycles. The fraction of sp³-hybridized carbons (Fsp3) is 0.0833. The summed E-state index contributed by atoms with van der Waals surface area (Å²) >= 11 is 11.9. The Labute approximate surface area is 119 Å². The molecule has 98 valence electrons. The molecule has 0 radical (unpaired) electrons. The predicted octanol–water partition coefficient (Wildman–Crippen LogP) is 2.35. The van der Waals surface area contributed by atoms with Gasteiger partial charge in [0, 0.05) is 5.02 Å². The second kappa shape index (κ2) is 5.42. The molecule has 0 saturated carbocycles. The van der Waals surface area contributed by atoms with Crippen LogP contribution in [0, 0.1) is 0 Å². The van der Waals surface area contributed by atoms with Gasteiger partial charge >= 0.3 is 0 Å². The van der Waals surface area contributed by atoms with E-state index in [0.717, 1.165) is 11.1 Å². The van der Waals surface area contributed by atoms with Crippen LogP contribution in [0.4, 0.5) is 5.69 Å². The number of carbonyl (C=O) groups excluding carboxylic acids is 2. The van der Waals surface area contributed by atoms with Crippen LogP contribution in [0.2, 0.25) is 10.0 Å². The Bertz CT molecular complexity index is 599. The fourth-order valence-electron chi connectivity index (χ4n) is 1.53. The van der Waals surface area contributed by atoms with Gasteiger partial charge in [-0.3, -0.25) is 9.59 Å². The van der Waals surface area contributed by atoms with E-state index >= 15 is 0 Å². The normalized spacial score (nSPS) is 14.3. The Morgan fingerprint density at radius 3 is 2.89 bits per heavy atom. The highest BCUT2D eigenvalue weighted by Crippen LogP contribution is 2.31. The average Bonchev–Trinajstić information content (AvgIpc) is 2.73. The van der Waals surface area contributed by atoms with Gasteiger partial charge in [0.15, 0.2) is 0 Å². The van der Waals surface area contributed by atoms with Crippen molar-refractivity contribution in [2.75, 3.05) is 5.01 Å². The molecule has 2 rings (SSSR count). The summed E-state index contributed by atoms with van der Waals surface area (Å²) in [6.07, 6.45) is 1.09. The Hall–Kier alpha value is -1.85. The van der Waals surface area contributed by atoms with Gasteiger partial charge in [0.1, 0.15) is 5.84 Å². The van der Waals surface area contributed by atoms with Crippen molar-refractivity contribution in [3.8, 4) is 0 Å². The zero-order valence-electron chi connectivity index (χ0n) is 9.69. The van der Waals surface area contributed by atoms with Crippen molar-refractivity contribution >= 4 is 46.5 Å². The monoisotopic (exact) mass is 297 g/mol. The molecule has 0 bridgehead atoms. The van der Waals surface area contributed by atoms with Crippen LogP contribution in [-0.4, -0.2) is 17.6 Å². The smallest absolute Gasteiger partial charge is 0.255 e. The number of hydrogen-bond donors (Lipinski definition) is 1. The molecule has 0 spiro atoms. The van der Waals surface area contributed by atoms with Crippen molar-refractivity contribution in [3.05, 3.63) is 40.9 Å². The van der Waals surface area contributed by atoms with Crippen LogP contribution in [0.5, 0.6) is 0 Å². The van der Waals surface area contributed by atoms with E-state index in [0.29, 0.717) is 15.7 Å². The maximum absolute atomic E-state index is 11.9. The second-order valence-corrected chi connectivity index (χ2v) is 4.56. The van der Waals surface area contributed by atoms with Gasteiger partial charge in [0.2, 0.25) is 5.91 Å². The van der Waals surface area contributed by atoms with Gasteiger partial charge in [0.25, 0.3) is 5.91 Å². The molecule has 5 nitrogen and oxygen atoms in total. The van der Waals surface area contributed by atoms with E-state index in [4.69, 9.17) is 23.2 Å². The van der Waals surface area contributed by atoms with Gasteiger partial charge in [-0.05, 0) is 24.3 Å². The average molecular weight is 298 g/mol. The lowest BCUT2D eigenvalue weighted by Crippen LogP contribution is -2.27. The maximum Gasteiger partial charge on any atom is 0.255 e. The van der Waals surface area contributed by atoms with Crippen molar-refractivity contribution < 1.29 is 9.59 Å². The lowest BCUT2D eigenvalue weighted by molar-refractivity contribution is -0.116. The van der Waals surface area contributed by atoms with Crippen LogP contribution in [0.3, 0.4) is 0 Å². The number of halogens is 2. The minimum atomic E-state index is -0.425. The summed E-state index contributed by atoms with van der Waals surface area (Å²) in [5, 5.41) is 8.35. The highest BCUT2D eigenvalue weighted by Gasteiger charge is 2.27. The van der Waals surface area contributed by atoms with E-state index in [1.807, 2.05) is 0 Å². The fourth-order valence-corrected chi connectivity index (χ4v) is 1.89. The van der Waals surface area contributed by atoms with Gasteiger partial charge in [-0.25, -0.2) is 0 Å². The zero-order valence-corrected chi connectivity index (χ0v) is 11.2. The Morgan fingerprint density at radius 1 is 1.47 bits per heavy atom. The first-order chi connectivity index (χ1) is 9.01. The number of amides is 2. The highest BCUT2D eigenvalue weighted by atomic mass is 35.5. The number of nitrogens with zero attached hydrogens (tertiary/aromatic N) is 2. The third kappa shape index (κ3) is 2.94. The van der Waals surface area contributed by atoms with E-state index in [-0.39, 0.29) is 18.2 Å². The molecule has 7 heteroatoms. The third-order valence-electron chi connectivity index (χ3n) is 2.36. The van der Waals surface area contributed by atoms with E-state index < -0.39 is 5.91 Å². The third-order valence-corrected chi connectivity index (χ3v) is 2.92. The summed E-state index contributed by atoms with van der Waals surface area (Å²) < 4.78 is 0. The second-order valence-electron chi connectivity index (χ2n) is 3.72. The number of hydrazone groups is 1. The molecule has 0 fully saturated rings. The molecule has 0 saturated heterocycles. The summed E-state index contributed by atoms with van der Waals surface area (Å²) in [5.41, 5.74) is 0.377. The topological polar surface area (TPSA) is 61.8 Å². The van der Waals surface area contributed by atoms with Crippen LogP contribution < -0.4 is 10.3 Å². The molecule has 0 unspecified atom stereocenters. The molecule has 0 aliphatic carbocycles. The van der Waals surface area contributed by atoms with E-state index in [2.05, 4.69) is 17.0 Å². The van der Waals surface area contributed by atoms with Crippen LogP contribution in [-0.2, 0) is 9.59 Å². The maximum atomic E-state index is 11.9. The molecule has 1 aromatic rings. The summed E-state index contributed by atoms with van der Waals surface area (Å²) in [6.45, 7) is 3.32. The van der Waals surface area contributed by atoms with E-state index in [1.54, 1.807) is 12.1 Å². The van der Waals surface area contributed by atoms with Crippen molar-refractivity contribution in [2.45, 2.75) is 6.42 Å². The lowest BCUT2D eigenvalue weighted by atomic mass is 10.3. The van der Waals surface area contributed by atoms with E-state index in [9.17, 15) is 9.59 Å². The number of nitrogens with one attached hydrogen (secondary N) is 1. The van der Waals surface area contributed by atoms with Crippen LogP contribution in [0.1, 0.15) is 6.42 Å². The standard InChI is InChI=1S/C12H9Cl2N3O2/c1-2-11(18)15-10-6-12(19)17(16-10)9-5-7(13)3-4-8(9)14/h2-5H,1,6H2,(H,15,16,18). The summed E-state index contributed by atoms with van der Waals surface area (Å²) in [6, 6.07) is 4.71. The van der Waals surface area contributed by atoms with Crippen molar-refractivity contribution in [3.63, 3.8) is 0 Å². The minimum Gasteiger partial charge on any atom is -0.309 e. The molecular formula is C12H9Cl2N3O2. The highest BCUT2D eigenvalue weighted by molar-refractivity contribution is 6.36. The molecule has 2 amide bonds. The Kier molecular flexibility index (Phi) is 3.87. The van der Waals surface area contributed by atoms with Crippen molar-refractivity contribution in [1.82, 2.24) is 5.32 Å². The number of rotatable bonds is 2. The molecule has 1 aromatic carbocycles. The zero-order chi connectivity index (χ0) is 14.0. The van der Waals surface area contributed by atoms with Gasteiger partial charge in [-0.2, -0.15) is 10.1 Å². The number of benzene rings is 1. The van der Waals surface area contributed by atoms with E-state index in [1.165, 1.54) is 6.07 Å². The first-order valence-corrected chi connectivity index (χ1v) is 6.06. The van der Waals surface area contributed by atoms with Crippen LogP contribution >= 0.6 is 23.2 Å². The Balaban J connectivity index is 2.29. The molecule has 19 heavy (non-hydrogen) atoms. The number of hydrogen-bond acceptors (Lipinski definition) is 3. The van der Waals surface area contributed by atoms with Gasteiger partial charge in [0.05, 0.1) is 17.1 Å². The number of anilines is 1. The molecule has 1 aliphatic heterocycles.